The van der Waals surface area contributed by atoms with Gasteiger partial charge in [-0.1, -0.05) is 24.3 Å². The maximum Gasteiger partial charge on any atom is 0.290 e. The smallest absolute Gasteiger partial charge is 0.265 e. The average Bonchev–Trinajstić information content (AvgIpc) is 2.92. The molecule has 0 spiro atoms. The molecule has 0 radical (unpaired) electrons. The van der Waals surface area contributed by atoms with Gasteiger partial charge in [-0.05, 0) is 44.2 Å². The van der Waals surface area contributed by atoms with E-state index in [9.17, 15) is 33.7 Å². The molecule has 0 aliphatic heterocycles. The van der Waals surface area contributed by atoms with Crippen LogP contribution in [0.5, 0.6) is 0 Å². The number of anilines is 1. The average molecular weight is 690 g/mol. The lowest BCUT2D eigenvalue weighted by molar-refractivity contribution is 0.0132. The predicted octanol–water partition coefficient (Wildman–Crippen LogP) is 0.976. The fraction of sp³-hybridized carbons (Fsp3) is 0.292. The fourth-order valence-corrected chi connectivity index (χ4v) is 9.69. The van der Waals surface area contributed by atoms with Crippen molar-refractivity contribution in [3.05, 3.63) is 66.0 Å². The van der Waals surface area contributed by atoms with Crippen LogP contribution in [0.15, 0.2) is 74.2 Å². The molecule has 0 aliphatic carbocycles. The summed E-state index contributed by atoms with van der Waals surface area (Å²) in [6, 6.07) is 10.4. The second-order valence-electron chi connectivity index (χ2n) is 9.43. The number of benzene rings is 2. The summed E-state index contributed by atoms with van der Waals surface area (Å²) in [7, 11) is -13.6. The van der Waals surface area contributed by atoms with Gasteiger partial charge in [0.1, 0.15) is 19.6 Å². The van der Waals surface area contributed by atoms with Crippen molar-refractivity contribution in [1.82, 2.24) is 23.0 Å². The Morgan fingerprint density at radius 2 is 0.977 bits per heavy atom. The van der Waals surface area contributed by atoms with E-state index in [0.29, 0.717) is 0 Å². The van der Waals surface area contributed by atoms with E-state index in [1.54, 1.807) is 0 Å². The number of guanidine groups is 1. The van der Waals surface area contributed by atoms with Gasteiger partial charge in [-0.2, -0.15) is 12.7 Å². The first-order valence-corrected chi connectivity index (χ1v) is 18.1. The summed E-state index contributed by atoms with van der Waals surface area (Å²) in [4.78, 5) is 10.1. The Morgan fingerprint density at radius 1 is 0.636 bits per heavy atom. The number of rotatable bonds is 10. The molecule has 44 heavy (non-hydrogen) atoms. The molecule has 0 atom stereocenters. The minimum atomic E-state index is -5.22. The van der Waals surface area contributed by atoms with Gasteiger partial charge < -0.3 is 0 Å². The highest BCUT2D eigenvalue weighted by Gasteiger charge is 2.43. The Hall–Kier alpha value is -3.53. The minimum absolute atomic E-state index is 0.0983. The van der Waals surface area contributed by atoms with Gasteiger partial charge in [0.15, 0.2) is 0 Å². The number of hydroxylamine groups is 1. The zero-order valence-corrected chi connectivity index (χ0v) is 28.0. The molecule has 2 aromatic carbocycles. The van der Waals surface area contributed by atoms with Gasteiger partial charge >= 0.3 is 0 Å². The van der Waals surface area contributed by atoms with Gasteiger partial charge in [0.05, 0.1) is 7.11 Å². The highest BCUT2D eigenvalue weighted by molar-refractivity contribution is 7.95. The first-order valence-electron chi connectivity index (χ1n) is 12.3. The Balaban J connectivity index is 2.38. The number of sulfonamides is 4. The molecule has 1 N–H and O–H groups in total. The largest absolute Gasteiger partial charge is 0.290 e. The van der Waals surface area contributed by atoms with Crippen molar-refractivity contribution in [3.8, 4) is 0 Å². The third-order valence-electron chi connectivity index (χ3n) is 5.91. The zero-order chi connectivity index (χ0) is 33.4. The van der Waals surface area contributed by atoms with Crippen LogP contribution in [0.2, 0.25) is 0 Å². The van der Waals surface area contributed by atoms with Gasteiger partial charge in [-0.25, -0.2) is 43.8 Å². The van der Waals surface area contributed by atoms with Crippen molar-refractivity contribution in [1.29, 1.82) is 5.41 Å². The van der Waals surface area contributed by atoms with Crippen LogP contribution in [0.4, 0.5) is 5.95 Å². The third-order valence-corrected chi connectivity index (χ3v) is 13.3. The van der Waals surface area contributed by atoms with Crippen molar-refractivity contribution in [2.75, 3.05) is 39.6 Å². The van der Waals surface area contributed by atoms with E-state index in [-0.39, 0.29) is 20.2 Å². The molecule has 16 nitrogen and oxygen atoms in total. The van der Waals surface area contributed by atoms with Crippen LogP contribution in [0.1, 0.15) is 11.4 Å². The topological polar surface area (TPSA) is 208 Å². The summed E-state index contributed by atoms with van der Waals surface area (Å²) in [6.07, 6.45) is 0. The van der Waals surface area contributed by atoms with E-state index < -0.39 is 71.6 Å². The maximum atomic E-state index is 14.3. The molecular weight excluding hydrogens is 659 g/mol. The highest BCUT2D eigenvalue weighted by Crippen LogP contribution is 2.32. The minimum Gasteiger partial charge on any atom is -0.265 e. The number of aryl methyl sites for hydroxylation is 2. The van der Waals surface area contributed by atoms with Crippen molar-refractivity contribution < 1.29 is 38.5 Å². The van der Waals surface area contributed by atoms with E-state index in [4.69, 9.17) is 10.2 Å². The molecular formula is C24H31N7O9S4. The molecule has 3 rings (SSSR count). The van der Waals surface area contributed by atoms with Crippen LogP contribution in [0.3, 0.4) is 0 Å². The fourth-order valence-electron chi connectivity index (χ4n) is 3.82. The summed E-state index contributed by atoms with van der Waals surface area (Å²) in [5.74, 6) is -2.14. The molecule has 0 saturated heterocycles. The molecule has 1 heterocycles. The molecule has 20 heteroatoms. The van der Waals surface area contributed by atoms with Gasteiger partial charge in [0.2, 0.25) is 26.0 Å². The van der Waals surface area contributed by atoms with Crippen LogP contribution >= 0.6 is 0 Å². The monoisotopic (exact) mass is 689 g/mol. The highest BCUT2D eigenvalue weighted by atomic mass is 32.2. The van der Waals surface area contributed by atoms with Crippen LogP contribution < -0.4 is 4.31 Å². The lowest BCUT2D eigenvalue weighted by Crippen LogP contribution is -2.50. The van der Waals surface area contributed by atoms with Gasteiger partial charge in [0, 0.05) is 39.6 Å². The quantitative estimate of drug-likeness (QED) is 0.180. The normalized spacial score (nSPS) is 12.8. The first-order chi connectivity index (χ1) is 20.2. The number of aromatic nitrogens is 2. The Morgan fingerprint density at radius 3 is 1.32 bits per heavy atom. The predicted molar refractivity (Wildman–Crippen MR) is 160 cm³/mol. The van der Waals surface area contributed by atoms with Crippen LogP contribution in [0.25, 0.3) is 0 Å². The van der Waals surface area contributed by atoms with E-state index in [1.165, 1.54) is 72.4 Å². The van der Waals surface area contributed by atoms with Crippen LogP contribution in [0, 0.1) is 19.3 Å². The second-order valence-corrected chi connectivity index (χ2v) is 17.1. The van der Waals surface area contributed by atoms with Crippen LogP contribution in [-0.2, 0) is 44.9 Å². The lowest BCUT2D eigenvalue weighted by atomic mass is 10.4. The summed E-state index contributed by atoms with van der Waals surface area (Å²) in [6.45, 7) is 2.98. The maximum absolute atomic E-state index is 14.3. The Bertz CT molecular complexity index is 2010. The molecule has 240 valence electrons. The molecule has 0 amide bonds. The van der Waals surface area contributed by atoms with Gasteiger partial charge in [-0.3, -0.25) is 10.2 Å². The van der Waals surface area contributed by atoms with E-state index >= 15 is 0 Å². The Kier molecular flexibility index (Phi) is 9.90. The van der Waals surface area contributed by atoms with Crippen molar-refractivity contribution in [2.45, 2.75) is 33.4 Å². The van der Waals surface area contributed by atoms with Crippen LogP contribution in [-0.4, -0.2) is 98.0 Å². The van der Waals surface area contributed by atoms with E-state index in [0.717, 1.165) is 40.0 Å². The number of hydrogen-bond donors (Lipinski definition) is 1. The molecule has 0 aliphatic rings. The van der Waals surface area contributed by atoms with Crippen molar-refractivity contribution in [2.24, 2.45) is 0 Å². The van der Waals surface area contributed by atoms with Crippen molar-refractivity contribution >= 4 is 52.0 Å². The lowest BCUT2D eigenvalue weighted by Gasteiger charge is -2.30. The third kappa shape index (κ3) is 6.32. The second kappa shape index (κ2) is 12.5. The molecule has 0 saturated carbocycles. The number of nitrogens with one attached hydrogen (secondary N) is 1. The Labute approximate surface area is 257 Å². The van der Waals surface area contributed by atoms with Gasteiger partial charge in [-0.15, -0.1) is 4.47 Å². The van der Waals surface area contributed by atoms with E-state index in [1.807, 2.05) is 0 Å². The SMILES string of the molecule is CON(C(=N)N(c1nc(C)cc(C)n1)S(=O)(=O)c1ccccc1S(=O)(=O)N(C)C)S(=O)(=O)c1ccccc1S(=O)(=O)N(C)C. The molecule has 0 unspecified atom stereocenters. The number of hydrogen-bond acceptors (Lipinski definition) is 12. The molecule has 1 aromatic heterocycles. The first kappa shape index (κ1) is 35.0. The standard InChI is InChI=1S/C24H31N7O9S4/c1-17-16-18(2)27-24(26-17)30(43(36,37)21-14-10-8-12-19(21)41(32,33)28(3)4)23(25)31(40-7)44(38,39)22-15-11-9-13-20(22)42(34,35)29(5)6/h8-16,25H,1-7H3. The zero-order valence-electron chi connectivity index (χ0n) is 24.7. The van der Waals surface area contributed by atoms with Gasteiger partial charge in [0.25, 0.3) is 26.0 Å². The van der Waals surface area contributed by atoms with Crippen molar-refractivity contribution in [3.63, 3.8) is 0 Å². The molecule has 3 aromatic rings. The summed E-state index contributed by atoms with van der Waals surface area (Å²) in [5, 5.41) is 8.88. The number of nitrogens with zero attached hydrogens (tertiary/aromatic N) is 6. The van der Waals surface area contributed by atoms with E-state index in [2.05, 4.69) is 9.97 Å². The molecule has 0 fully saturated rings. The summed E-state index contributed by atoms with van der Waals surface area (Å²) < 4.78 is 110. The summed E-state index contributed by atoms with van der Waals surface area (Å²) in [5.41, 5.74) is 0.452. The summed E-state index contributed by atoms with van der Waals surface area (Å²) >= 11 is 0. The molecule has 0 bridgehead atoms.